The van der Waals surface area contributed by atoms with Crippen LogP contribution in [-0.4, -0.2) is 24.1 Å². The lowest BCUT2D eigenvalue weighted by atomic mass is 10.1. The van der Waals surface area contributed by atoms with E-state index >= 15 is 0 Å². The molecular weight excluding hydrogens is 204 g/mol. The topological polar surface area (TPSA) is 75.4 Å². The number of nitrogens with one attached hydrogen (secondary N) is 1. The number of aliphatic hydroxyl groups is 1. The molecule has 1 amide bonds. The quantitative estimate of drug-likeness (QED) is 0.676. The molecule has 1 aromatic rings. The summed E-state index contributed by atoms with van der Waals surface area (Å²) < 4.78 is 0. The van der Waals surface area contributed by atoms with E-state index in [-0.39, 0.29) is 18.4 Å². The van der Waals surface area contributed by atoms with Crippen LogP contribution in [0.5, 0.6) is 0 Å². The average Bonchev–Trinajstić information content (AvgIpc) is 2.35. The monoisotopic (exact) mass is 222 g/mol. The maximum Gasteiger partial charge on any atom is 0.224 e. The van der Waals surface area contributed by atoms with E-state index in [1.807, 2.05) is 30.3 Å². The van der Waals surface area contributed by atoms with Crippen molar-refractivity contribution in [2.45, 2.75) is 13.0 Å². The van der Waals surface area contributed by atoms with Gasteiger partial charge in [0.25, 0.3) is 0 Å². The van der Waals surface area contributed by atoms with Crippen molar-refractivity contribution in [1.82, 2.24) is 5.32 Å². The Kier molecular flexibility index (Phi) is 4.95. The third-order valence-electron chi connectivity index (χ3n) is 2.46. The van der Waals surface area contributed by atoms with E-state index in [1.54, 1.807) is 6.92 Å². The third kappa shape index (κ3) is 3.64. The lowest BCUT2D eigenvalue weighted by molar-refractivity contribution is -0.124. The van der Waals surface area contributed by atoms with Gasteiger partial charge in [-0.05, 0) is 5.56 Å². The molecule has 0 aliphatic carbocycles. The van der Waals surface area contributed by atoms with E-state index in [0.717, 1.165) is 5.56 Å². The van der Waals surface area contributed by atoms with Crippen molar-refractivity contribution in [3.8, 4) is 0 Å². The van der Waals surface area contributed by atoms with Gasteiger partial charge in [0.15, 0.2) is 0 Å². The summed E-state index contributed by atoms with van der Waals surface area (Å²) in [5.41, 5.74) is 6.16. The van der Waals surface area contributed by atoms with E-state index < -0.39 is 6.10 Å². The van der Waals surface area contributed by atoms with Crippen LogP contribution in [0.1, 0.15) is 18.6 Å². The molecule has 2 unspecified atom stereocenters. The highest BCUT2D eigenvalue weighted by molar-refractivity contribution is 5.78. The molecule has 2 atom stereocenters. The third-order valence-corrected chi connectivity index (χ3v) is 2.46. The fourth-order valence-electron chi connectivity index (χ4n) is 1.27. The van der Waals surface area contributed by atoms with Gasteiger partial charge in [0.2, 0.25) is 5.91 Å². The Labute approximate surface area is 95.5 Å². The molecule has 1 rings (SSSR count). The van der Waals surface area contributed by atoms with E-state index in [1.165, 1.54) is 0 Å². The van der Waals surface area contributed by atoms with Crippen molar-refractivity contribution in [1.29, 1.82) is 0 Å². The van der Waals surface area contributed by atoms with Crippen molar-refractivity contribution in [2.24, 2.45) is 11.7 Å². The lowest BCUT2D eigenvalue weighted by Crippen LogP contribution is -2.35. The van der Waals surface area contributed by atoms with Crippen molar-refractivity contribution < 1.29 is 9.90 Å². The molecule has 1 aromatic carbocycles. The van der Waals surface area contributed by atoms with Crippen LogP contribution in [0.15, 0.2) is 30.3 Å². The predicted octanol–water partition coefficient (Wildman–Crippen LogP) is 0.431. The van der Waals surface area contributed by atoms with Crippen LogP contribution in [-0.2, 0) is 4.79 Å². The predicted molar refractivity (Wildman–Crippen MR) is 62.6 cm³/mol. The van der Waals surface area contributed by atoms with Gasteiger partial charge < -0.3 is 16.2 Å². The van der Waals surface area contributed by atoms with Crippen LogP contribution in [0.2, 0.25) is 0 Å². The number of nitrogens with two attached hydrogens (primary N) is 1. The number of carbonyl (C=O) groups excluding carboxylic acids is 1. The number of benzene rings is 1. The highest BCUT2D eigenvalue weighted by atomic mass is 16.3. The standard InChI is InChI=1S/C12H18N2O2/c1-9(7-13)12(16)14-8-11(15)10-5-3-2-4-6-10/h2-6,9,11,15H,7-8,13H2,1H3,(H,14,16). The number of hydrogen-bond donors (Lipinski definition) is 3. The normalized spacial score (nSPS) is 14.2. The summed E-state index contributed by atoms with van der Waals surface area (Å²) in [5, 5.41) is 12.4. The Morgan fingerprint density at radius 2 is 2.06 bits per heavy atom. The van der Waals surface area contributed by atoms with Crippen LogP contribution < -0.4 is 11.1 Å². The number of aliphatic hydroxyl groups excluding tert-OH is 1. The van der Waals surface area contributed by atoms with Crippen LogP contribution >= 0.6 is 0 Å². The first-order valence-electron chi connectivity index (χ1n) is 5.36. The molecule has 88 valence electrons. The second kappa shape index (κ2) is 6.25. The molecular formula is C12H18N2O2. The maximum absolute atomic E-state index is 11.4. The second-order valence-corrected chi connectivity index (χ2v) is 3.81. The van der Waals surface area contributed by atoms with Gasteiger partial charge in [0, 0.05) is 19.0 Å². The Hall–Kier alpha value is -1.39. The summed E-state index contributed by atoms with van der Waals surface area (Å²) in [7, 11) is 0. The van der Waals surface area contributed by atoms with Gasteiger partial charge in [-0.2, -0.15) is 0 Å². The largest absolute Gasteiger partial charge is 0.387 e. The first kappa shape index (κ1) is 12.7. The smallest absolute Gasteiger partial charge is 0.224 e. The molecule has 0 saturated heterocycles. The molecule has 16 heavy (non-hydrogen) atoms. The van der Waals surface area contributed by atoms with Gasteiger partial charge >= 0.3 is 0 Å². The Morgan fingerprint density at radius 1 is 1.44 bits per heavy atom. The summed E-state index contributed by atoms with van der Waals surface area (Å²) in [6.45, 7) is 2.28. The molecule has 0 aliphatic heterocycles. The highest BCUT2D eigenvalue weighted by Crippen LogP contribution is 2.10. The number of amides is 1. The first-order valence-corrected chi connectivity index (χ1v) is 5.36. The van der Waals surface area contributed by atoms with Gasteiger partial charge in [-0.15, -0.1) is 0 Å². The highest BCUT2D eigenvalue weighted by Gasteiger charge is 2.13. The molecule has 0 aromatic heterocycles. The van der Waals surface area contributed by atoms with Crippen molar-refractivity contribution in [2.75, 3.05) is 13.1 Å². The zero-order valence-corrected chi connectivity index (χ0v) is 9.39. The number of rotatable bonds is 5. The molecule has 0 saturated carbocycles. The molecule has 0 spiro atoms. The van der Waals surface area contributed by atoms with Crippen LogP contribution in [0.25, 0.3) is 0 Å². The zero-order valence-electron chi connectivity index (χ0n) is 9.39. The molecule has 0 bridgehead atoms. The first-order chi connectivity index (χ1) is 7.65. The number of hydrogen-bond acceptors (Lipinski definition) is 3. The minimum absolute atomic E-state index is 0.127. The summed E-state index contributed by atoms with van der Waals surface area (Å²) in [6, 6.07) is 9.23. The molecule has 0 heterocycles. The van der Waals surface area contributed by atoms with Crippen molar-refractivity contribution >= 4 is 5.91 Å². The Bertz CT molecular complexity index is 327. The summed E-state index contributed by atoms with van der Waals surface area (Å²) in [4.78, 5) is 11.4. The maximum atomic E-state index is 11.4. The van der Waals surface area contributed by atoms with Crippen LogP contribution in [0.4, 0.5) is 0 Å². The van der Waals surface area contributed by atoms with Crippen molar-refractivity contribution in [3.05, 3.63) is 35.9 Å². The molecule has 0 radical (unpaired) electrons. The van der Waals surface area contributed by atoms with Gasteiger partial charge in [-0.3, -0.25) is 4.79 Å². The van der Waals surface area contributed by atoms with E-state index in [0.29, 0.717) is 6.54 Å². The average molecular weight is 222 g/mol. The summed E-state index contributed by atoms with van der Waals surface area (Å²) in [6.07, 6.45) is -0.671. The van der Waals surface area contributed by atoms with Gasteiger partial charge in [0.05, 0.1) is 6.10 Å². The molecule has 4 nitrogen and oxygen atoms in total. The summed E-state index contributed by atoms with van der Waals surface area (Å²) >= 11 is 0. The lowest BCUT2D eigenvalue weighted by Gasteiger charge is -2.14. The fourth-order valence-corrected chi connectivity index (χ4v) is 1.27. The van der Waals surface area contributed by atoms with Crippen LogP contribution in [0.3, 0.4) is 0 Å². The Balaban J connectivity index is 2.42. The van der Waals surface area contributed by atoms with Gasteiger partial charge in [-0.25, -0.2) is 0 Å². The fraction of sp³-hybridized carbons (Fsp3) is 0.417. The van der Waals surface area contributed by atoms with E-state index in [9.17, 15) is 9.90 Å². The van der Waals surface area contributed by atoms with Gasteiger partial charge in [0.1, 0.15) is 0 Å². The SMILES string of the molecule is CC(CN)C(=O)NCC(O)c1ccccc1. The molecule has 0 fully saturated rings. The second-order valence-electron chi connectivity index (χ2n) is 3.81. The summed E-state index contributed by atoms with van der Waals surface area (Å²) in [5.74, 6) is -0.347. The minimum atomic E-state index is -0.671. The van der Waals surface area contributed by atoms with E-state index in [2.05, 4.69) is 5.32 Å². The minimum Gasteiger partial charge on any atom is -0.387 e. The molecule has 0 aliphatic rings. The van der Waals surface area contributed by atoms with Crippen LogP contribution in [0, 0.1) is 5.92 Å². The van der Waals surface area contributed by atoms with Crippen molar-refractivity contribution in [3.63, 3.8) is 0 Å². The zero-order chi connectivity index (χ0) is 12.0. The van der Waals surface area contributed by atoms with E-state index in [4.69, 9.17) is 5.73 Å². The Morgan fingerprint density at radius 3 is 2.62 bits per heavy atom. The number of carbonyl (C=O) groups is 1. The van der Waals surface area contributed by atoms with Gasteiger partial charge in [-0.1, -0.05) is 37.3 Å². The molecule has 4 N–H and O–H groups in total. The molecule has 4 heteroatoms.